The molecule has 78 valence electrons. The van der Waals surface area contributed by atoms with Crippen LogP contribution in [0.3, 0.4) is 0 Å². The van der Waals surface area contributed by atoms with Gasteiger partial charge in [-0.25, -0.2) is 0 Å². The lowest BCUT2D eigenvalue weighted by Gasteiger charge is -2.22. The molecule has 0 bridgehead atoms. The highest BCUT2D eigenvalue weighted by Gasteiger charge is 2.16. The molecule has 3 nitrogen and oxygen atoms in total. The molecule has 0 aromatic rings. The van der Waals surface area contributed by atoms with E-state index in [1.165, 1.54) is 0 Å². The van der Waals surface area contributed by atoms with Crippen LogP contribution in [-0.4, -0.2) is 25.0 Å². The summed E-state index contributed by atoms with van der Waals surface area (Å²) in [4.78, 5) is 11.5. The van der Waals surface area contributed by atoms with E-state index in [1.807, 2.05) is 6.92 Å². The van der Waals surface area contributed by atoms with Gasteiger partial charge in [-0.15, -0.1) is 0 Å². The van der Waals surface area contributed by atoms with E-state index >= 15 is 0 Å². The molecule has 0 aliphatic carbocycles. The van der Waals surface area contributed by atoms with Gasteiger partial charge < -0.3 is 10.6 Å². The highest BCUT2D eigenvalue weighted by molar-refractivity contribution is 5.81. The van der Waals surface area contributed by atoms with Crippen LogP contribution in [0.15, 0.2) is 0 Å². The van der Waals surface area contributed by atoms with E-state index < -0.39 is 0 Å². The Morgan fingerprint density at radius 3 is 2.15 bits per heavy atom. The highest BCUT2D eigenvalue weighted by atomic mass is 16.2. The Kier molecular flexibility index (Phi) is 5.71. The van der Waals surface area contributed by atoms with Crippen LogP contribution in [0.2, 0.25) is 0 Å². The van der Waals surface area contributed by atoms with E-state index in [2.05, 4.69) is 31.4 Å². The summed E-state index contributed by atoms with van der Waals surface area (Å²) in [5.41, 5.74) is 0. The van der Waals surface area contributed by atoms with Crippen molar-refractivity contribution in [3.8, 4) is 0 Å². The third kappa shape index (κ3) is 4.27. The normalized spacial score (nSPS) is 15.5. The van der Waals surface area contributed by atoms with Gasteiger partial charge in [-0.05, 0) is 26.3 Å². The first-order chi connectivity index (χ1) is 6.02. The van der Waals surface area contributed by atoms with E-state index in [1.54, 1.807) is 7.05 Å². The third-order valence-electron chi connectivity index (χ3n) is 2.40. The minimum atomic E-state index is -0.104. The van der Waals surface area contributed by atoms with Gasteiger partial charge in [-0.2, -0.15) is 0 Å². The minimum absolute atomic E-state index is 0.0862. The summed E-state index contributed by atoms with van der Waals surface area (Å²) < 4.78 is 0. The Bertz CT molecular complexity index is 157. The van der Waals surface area contributed by atoms with Gasteiger partial charge in [0.2, 0.25) is 5.91 Å². The molecule has 2 unspecified atom stereocenters. The summed E-state index contributed by atoms with van der Waals surface area (Å²) >= 11 is 0. The van der Waals surface area contributed by atoms with E-state index in [9.17, 15) is 4.79 Å². The van der Waals surface area contributed by atoms with Crippen molar-refractivity contribution in [3.63, 3.8) is 0 Å². The highest BCUT2D eigenvalue weighted by Crippen LogP contribution is 2.05. The van der Waals surface area contributed by atoms with E-state index in [0.717, 1.165) is 6.42 Å². The maximum absolute atomic E-state index is 11.5. The number of rotatable bonds is 5. The number of hydrogen-bond donors (Lipinski definition) is 2. The molecule has 0 radical (unpaired) electrons. The predicted octanol–water partition coefficient (Wildman–Crippen LogP) is 1.15. The summed E-state index contributed by atoms with van der Waals surface area (Å²) in [6.07, 6.45) is 0.986. The Labute approximate surface area is 81.3 Å². The fraction of sp³-hybridized carbons (Fsp3) is 0.900. The SMILES string of the molecule is CCC(NC(=O)C(C)NC)C(C)C. The zero-order chi connectivity index (χ0) is 10.4. The van der Waals surface area contributed by atoms with Gasteiger partial charge in [-0.1, -0.05) is 20.8 Å². The van der Waals surface area contributed by atoms with Crippen molar-refractivity contribution in [1.82, 2.24) is 10.6 Å². The van der Waals surface area contributed by atoms with Crippen LogP contribution in [-0.2, 0) is 4.79 Å². The molecule has 0 saturated carbocycles. The predicted molar refractivity (Wildman–Crippen MR) is 55.6 cm³/mol. The molecular weight excluding hydrogens is 164 g/mol. The lowest BCUT2D eigenvalue weighted by molar-refractivity contribution is -0.123. The average Bonchev–Trinajstić information content (AvgIpc) is 2.11. The molecule has 0 rings (SSSR count). The average molecular weight is 186 g/mol. The molecular formula is C10H22N2O. The fourth-order valence-electron chi connectivity index (χ4n) is 1.18. The zero-order valence-electron chi connectivity index (χ0n) is 9.35. The van der Waals surface area contributed by atoms with Crippen LogP contribution in [0.1, 0.15) is 34.1 Å². The van der Waals surface area contributed by atoms with Crippen molar-refractivity contribution in [3.05, 3.63) is 0 Å². The van der Waals surface area contributed by atoms with Gasteiger partial charge in [-0.3, -0.25) is 4.79 Å². The zero-order valence-corrected chi connectivity index (χ0v) is 9.35. The van der Waals surface area contributed by atoms with Crippen LogP contribution in [0.25, 0.3) is 0 Å². The second-order valence-corrected chi connectivity index (χ2v) is 3.78. The number of nitrogens with one attached hydrogen (secondary N) is 2. The van der Waals surface area contributed by atoms with E-state index in [0.29, 0.717) is 12.0 Å². The first kappa shape index (κ1) is 12.4. The number of hydrogen-bond acceptors (Lipinski definition) is 2. The van der Waals surface area contributed by atoms with Crippen LogP contribution < -0.4 is 10.6 Å². The number of carbonyl (C=O) groups excluding carboxylic acids is 1. The molecule has 0 saturated heterocycles. The first-order valence-corrected chi connectivity index (χ1v) is 5.00. The van der Waals surface area contributed by atoms with Gasteiger partial charge in [0, 0.05) is 6.04 Å². The summed E-state index contributed by atoms with van der Waals surface area (Å²) in [5.74, 6) is 0.584. The quantitative estimate of drug-likeness (QED) is 0.676. The van der Waals surface area contributed by atoms with Crippen molar-refractivity contribution >= 4 is 5.91 Å². The number of carbonyl (C=O) groups is 1. The van der Waals surface area contributed by atoms with Crippen LogP contribution >= 0.6 is 0 Å². The van der Waals surface area contributed by atoms with Crippen molar-refractivity contribution in [2.75, 3.05) is 7.05 Å². The fourth-order valence-corrected chi connectivity index (χ4v) is 1.18. The third-order valence-corrected chi connectivity index (χ3v) is 2.40. The van der Waals surface area contributed by atoms with Crippen molar-refractivity contribution in [2.24, 2.45) is 5.92 Å². The van der Waals surface area contributed by atoms with Gasteiger partial charge in [0.05, 0.1) is 6.04 Å². The topological polar surface area (TPSA) is 41.1 Å². The molecule has 13 heavy (non-hydrogen) atoms. The molecule has 3 heteroatoms. The molecule has 0 aliphatic heterocycles. The molecule has 0 heterocycles. The minimum Gasteiger partial charge on any atom is -0.352 e. The molecule has 0 aromatic carbocycles. The summed E-state index contributed by atoms with van der Waals surface area (Å²) in [7, 11) is 1.79. The molecule has 0 aliphatic rings. The number of amides is 1. The second-order valence-electron chi connectivity index (χ2n) is 3.78. The number of likely N-dealkylation sites (N-methyl/N-ethyl adjacent to an activating group) is 1. The molecule has 2 N–H and O–H groups in total. The Balaban J connectivity index is 4.01. The largest absolute Gasteiger partial charge is 0.352 e. The maximum Gasteiger partial charge on any atom is 0.237 e. The second kappa shape index (κ2) is 5.97. The van der Waals surface area contributed by atoms with E-state index in [-0.39, 0.29) is 11.9 Å². The van der Waals surface area contributed by atoms with Crippen molar-refractivity contribution < 1.29 is 4.79 Å². The Hall–Kier alpha value is -0.570. The lowest BCUT2D eigenvalue weighted by Crippen LogP contribution is -2.46. The standard InChI is InChI=1S/C10H22N2O/c1-6-9(7(2)3)12-10(13)8(4)11-5/h7-9,11H,6H2,1-5H3,(H,12,13). The maximum atomic E-state index is 11.5. The Morgan fingerprint density at radius 1 is 1.31 bits per heavy atom. The first-order valence-electron chi connectivity index (χ1n) is 5.00. The lowest BCUT2D eigenvalue weighted by atomic mass is 10.0. The Morgan fingerprint density at radius 2 is 1.85 bits per heavy atom. The van der Waals surface area contributed by atoms with E-state index in [4.69, 9.17) is 0 Å². The van der Waals surface area contributed by atoms with Gasteiger partial charge in [0.15, 0.2) is 0 Å². The van der Waals surface area contributed by atoms with Gasteiger partial charge in [0.25, 0.3) is 0 Å². The van der Waals surface area contributed by atoms with Crippen molar-refractivity contribution in [1.29, 1.82) is 0 Å². The molecule has 0 fully saturated rings. The summed E-state index contributed by atoms with van der Waals surface area (Å²) in [6, 6.07) is 0.191. The van der Waals surface area contributed by atoms with Gasteiger partial charge in [0.1, 0.15) is 0 Å². The van der Waals surface area contributed by atoms with Gasteiger partial charge >= 0.3 is 0 Å². The molecule has 2 atom stereocenters. The molecule has 1 amide bonds. The van der Waals surface area contributed by atoms with Crippen molar-refractivity contribution in [2.45, 2.75) is 46.2 Å². The summed E-state index contributed by atoms with van der Waals surface area (Å²) in [6.45, 7) is 8.20. The molecule has 0 aromatic heterocycles. The van der Waals surface area contributed by atoms with Crippen LogP contribution in [0, 0.1) is 5.92 Å². The smallest absolute Gasteiger partial charge is 0.237 e. The molecule has 0 spiro atoms. The monoisotopic (exact) mass is 186 g/mol. The van der Waals surface area contributed by atoms with Crippen LogP contribution in [0.5, 0.6) is 0 Å². The van der Waals surface area contributed by atoms with Crippen LogP contribution in [0.4, 0.5) is 0 Å². The summed E-state index contributed by atoms with van der Waals surface area (Å²) in [5, 5.41) is 5.94.